The van der Waals surface area contributed by atoms with Crippen molar-refractivity contribution in [3.8, 4) is 5.75 Å². The van der Waals surface area contributed by atoms with Gasteiger partial charge in [-0.15, -0.1) is 0 Å². The molecule has 1 amide bonds. The van der Waals surface area contributed by atoms with Crippen LogP contribution in [0, 0.1) is 0 Å². The first-order chi connectivity index (χ1) is 13.5. The number of amides is 1. The molecule has 1 unspecified atom stereocenters. The molecule has 144 valence electrons. The lowest BCUT2D eigenvalue weighted by atomic mass is 10.1. The maximum Gasteiger partial charge on any atom is 0.344 e. The molecule has 0 spiro atoms. The summed E-state index contributed by atoms with van der Waals surface area (Å²) >= 11 is 7.15. The van der Waals surface area contributed by atoms with Gasteiger partial charge in [-0.2, -0.15) is 0 Å². The molecule has 1 aliphatic rings. The van der Waals surface area contributed by atoms with Gasteiger partial charge in [0.1, 0.15) is 5.75 Å². The number of nitrogens with zero attached hydrogens (tertiary/aromatic N) is 1. The average molecular weight is 417 g/mol. The van der Waals surface area contributed by atoms with Gasteiger partial charge in [-0.1, -0.05) is 42.8 Å². The van der Waals surface area contributed by atoms with E-state index in [1.165, 1.54) is 11.8 Å². The summed E-state index contributed by atoms with van der Waals surface area (Å²) in [6, 6.07) is 14.0. The number of aliphatic carboxylic acids is 1. The monoisotopic (exact) mass is 416 g/mol. The number of carbonyl (C=O) groups excluding carboxylic acids is 1. The number of amidine groups is 1. The normalized spacial score (nSPS) is 17.6. The minimum atomic E-state index is -1.03. The maximum absolute atomic E-state index is 12.3. The number of benzene rings is 2. The molecule has 2 N–H and O–H groups in total. The van der Waals surface area contributed by atoms with Gasteiger partial charge in [0.2, 0.25) is 0 Å². The fourth-order valence-corrected chi connectivity index (χ4v) is 3.47. The highest BCUT2D eigenvalue weighted by Crippen LogP contribution is 2.31. The van der Waals surface area contributed by atoms with Crippen molar-refractivity contribution in [3.63, 3.8) is 0 Å². The number of hydrogen-bond acceptors (Lipinski definition) is 5. The molecule has 0 aliphatic carbocycles. The van der Waals surface area contributed by atoms with Gasteiger partial charge < -0.3 is 15.2 Å². The van der Waals surface area contributed by atoms with Crippen LogP contribution < -0.4 is 10.1 Å². The predicted octanol–water partition coefficient (Wildman–Crippen LogP) is 4.47. The molecule has 1 heterocycles. The second-order valence-corrected chi connectivity index (χ2v) is 7.32. The first-order valence-electron chi connectivity index (χ1n) is 8.50. The minimum absolute atomic E-state index is 0.286. The summed E-state index contributed by atoms with van der Waals surface area (Å²) < 4.78 is 5.61. The van der Waals surface area contributed by atoms with Gasteiger partial charge in [0, 0.05) is 10.6 Å². The smallest absolute Gasteiger partial charge is 0.344 e. The zero-order valence-electron chi connectivity index (χ0n) is 14.9. The number of aliphatic imine (C=N–C) groups is 1. The highest BCUT2D eigenvalue weighted by molar-refractivity contribution is 8.18. The molecule has 1 atom stereocenters. The van der Waals surface area contributed by atoms with Gasteiger partial charge in [-0.05, 0) is 48.5 Å². The van der Waals surface area contributed by atoms with Crippen molar-refractivity contribution in [2.45, 2.75) is 19.4 Å². The Kier molecular flexibility index (Phi) is 6.38. The number of para-hydroxylation sites is 1. The van der Waals surface area contributed by atoms with Crippen LogP contribution in [0.1, 0.15) is 18.9 Å². The lowest BCUT2D eigenvalue weighted by Gasteiger charge is -2.15. The van der Waals surface area contributed by atoms with Gasteiger partial charge in [0.25, 0.3) is 5.91 Å². The molecular formula is C20H17ClN2O4S. The largest absolute Gasteiger partial charge is 0.479 e. The summed E-state index contributed by atoms with van der Waals surface area (Å²) in [5.74, 6) is -0.919. The first kappa shape index (κ1) is 20.0. The second kappa shape index (κ2) is 8.95. The number of thioether (sulfide) groups is 1. The number of rotatable bonds is 6. The van der Waals surface area contributed by atoms with Crippen LogP contribution in [0.2, 0.25) is 5.02 Å². The molecule has 0 bridgehead atoms. The molecule has 1 fully saturated rings. The molecule has 1 saturated heterocycles. The Bertz CT molecular complexity index is 974. The third kappa shape index (κ3) is 4.94. The highest BCUT2D eigenvalue weighted by atomic mass is 35.5. The predicted molar refractivity (Wildman–Crippen MR) is 111 cm³/mol. The van der Waals surface area contributed by atoms with E-state index in [4.69, 9.17) is 16.3 Å². The van der Waals surface area contributed by atoms with Crippen molar-refractivity contribution in [2.75, 3.05) is 0 Å². The number of nitrogens with one attached hydrogen (secondary N) is 1. The summed E-state index contributed by atoms with van der Waals surface area (Å²) in [6.07, 6.45) is 1.03. The summed E-state index contributed by atoms with van der Waals surface area (Å²) in [7, 11) is 0. The van der Waals surface area contributed by atoms with Crippen LogP contribution in [-0.2, 0) is 9.59 Å². The summed E-state index contributed by atoms with van der Waals surface area (Å²) in [6.45, 7) is 1.73. The Morgan fingerprint density at radius 1 is 1.32 bits per heavy atom. The zero-order valence-corrected chi connectivity index (χ0v) is 16.5. The van der Waals surface area contributed by atoms with Crippen LogP contribution in [0.25, 0.3) is 6.08 Å². The molecule has 2 aromatic rings. The molecule has 0 aromatic heterocycles. The lowest BCUT2D eigenvalue weighted by Crippen LogP contribution is -2.26. The van der Waals surface area contributed by atoms with E-state index in [1.54, 1.807) is 61.5 Å². The molecular weight excluding hydrogens is 400 g/mol. The van der Waals surface area contributed by atoms with E-state index in [-0.39, 0.29) is 5.91 Å². The number of carboxylic acids is 1. The third-order valence-electron chi connectivity index (χ3n) is 3.81. The number of carboxylic acid groups (broad SMARTS) is 1. The Morgan fingerprint density at radius 2 is 2.11 bits per heavy atom. The van der Waals surface area contributed by atoms with Crippen molar-refractivity contribution in [2.24, 2.45) is 4.99 Å². The highest BCUT2D eigenvalue weighted by Gasteiger charge is 2.25. The molecule has 6 nitrogen and oxygen atoms in total. The first-order valence-corrected chi connectivity index (χ1v) is 9.69. The molecule has 0 saturated carbocycles. The van der Waals surface area contributed by atoms with Gasteiger partial charge >= 0.3 is 5.97 Å². The SMILES string of the molecule is CCC(Oc1ccccc1/C=C1/SC(=Nc2cccc(Cl)c2)NC1=O)C(=O)O. The lowest BCUT2D eigenvalue weighted by molar-refractivity contribution is -0.145. The van der Waals surface area contributed by atoms with Gasteiger partial charge in [0.05, 0.1) is 10.6 Å². The van der Waals surface area contributed by atoms with Crippen LogP contribution >= 0.6 is 23.4 Å². The number of ether oxygens (including phenoxy) is 1. The number of carbonyl (C=O) groups is 2. The molecule has 28 heavy (non-hydrogen) atoms. The van der Waals surface area contributed by atoms with Gasteiger partial charge in [0.15, 0.2) is 11.3 Å². The van der Waals surface area contributed by atoms with Crippen molar-refractivity contribution in [3.05, 3.63) is 64.0 Å². The molecule has 3 rings (SSSR count). The quantitative estimate of drug-likeness (QED) is 0.678. The van der Waals surface area contributed by atoms with E-state index in [1.807, 2.05) is 0 Å². The van der Waals surface area contributed by atoms with Crippen LogP contribution in [0.4, 0.5) is 5.69 Å². The van der Waals surface area contributed by atoms with Crippen molar-refractivity contribution < 1.29 is 19.4 Å². The van der Waals surface area contributed by atoms with E-state index < -0.39 is 12.1 Å². The Morgan fingerprint density at radius 3 is 2.82 bits per heavy atom. The van der Waals surface area contributed by atoms with Crippen LogP contribution in [0.3, 0.4) is 0 Å². The van der Waals surface area contributed by atoms with Gasteiger partial charge in [-0.25, -0.2) is 9.79 Å². The maximum atomic E-state index is 12.3. The Balaban J connectivity index is 1.84. The summed E-state index contributed by atoms with van der Waals surface area (Å²) in [5, 5.41) is 12.9. The standard InChI is InChI=1S/C20H17ClN2O4S/c1-2-15(19(25)26)27-16-9-4-3-6-12(16)10-17-18(24)23-20(28-17)22-14-8-5-7-13(21)11-14/h3-11,15H,2H2,1H3,(H,25,26)(H,22,23,24)/b17-10+. The Hall–Kier alpha value is -2.77. The van der Waals surface area contributed by atoms with Crippen molar-refractivity contribution in [1.29, 1.82) is 0 Å². The van der Waals surface area contributed by atoms with E-state index in [2.05, 4.69) is 10.3 Å². The fraction of sp³-hybridized carbons (Fsp3) is 0.150. The van der Waals surface area contributed by atoms with Crippen molar-refractivity contribution in [1.82, 2.24) is 5.32 Å². The summed E-state index contributed by atoms with van der Waals surface area (Å²) in [4.78, 5) is 28.4. The van der Waals surface area contributed by atoms with E-state index in [9.17, 15) is 14.7 Å². The molecule has 2 aromatic carbocycles. The topological polar surface area (TPSA) is 88.0 Å². The molecule has 0 radical (unpaired) electrons. The van der Waals surface area contributed by atoms with E-state index in [0.717, 1.165) is 0 Å². The number of halogens is 1. The fourth-order valence-electron chi connectivity index (χ4n) is 2.45. The number of hydrogen-bond donors (Lipinski definition) is 2. The van der Waals surface area contributed by atoms with Gasteiger partial charge in [-0.3, -0.25) is 4.79 Å². The van der Waals surface area contributed by atoms with Crippen LogP contribution in [0.15, 0.2) is 58.4 Å². The average Bonchev–Trinajstić information content (AvgIpc) is 2.99. The second-order valence-electron chi connectivity index (χ2n) is 5.85. The van der Waals surface area contributed by atoms with E-state index in [0.29, 0.717) is 38.5 Å². The third-order valence-corrected chi connectivity index (χ3v) is 4.96. The minimum Gasteiger partial charge on any atom is -0.479 e. The van der Waals surface area contributed by atoms with Crippen LogP contribution in [-0.4, -0.2) is 28.3 Å². The van der Waals surface area contributed by atoms with E-state index >= 15 is 0 Å². The summed E-state index contributed by atoms with van der Waals surface area (Å²) in [5.41, 5.74) is 1.25. The molecule has 8 heteroatoms. The van der Waals surface area contributed by atoms with Crippen LogP contribution in [0.5, 0.6) is 5.75 Å². The Labute approximate surface area is 171 Å². The molecule has 1 aliphatic heterocycles. The zero-order chi connectivity index (χ0) is 20.1. The van der Waals surface area contributed by atoms with Crippen molar-refractivity contribution >= 4 is 52.2 Å².